The SMILES string of the molecule is CC(=O)N(CC(=O)O)[C@@H]1CCCN(CCCOc2ccc(F)cc2)CC1. The Labute approximate surface area is 153 Å². The number of carbonyl (C=O) groups is 2. The number of rotatable bonds is 8. The van der Waals surface area contributed by atoms with Crippen LogP contribution < -0.4 is 4.74 Å². The van der Waals surface area contributed by atoms with Crippen molar-refractivity contribution in [3.8, 4) is 5.75 Å². The van der Waals surface area contributed by atoms with Crippen LogP contribution >= 0.6 is 0 Å². The summed E-state index contributed by atoms with van der Waals surface area (Å²) in [6.45, 7) is 4.41. The monoisotopic (exact) mass is 366 g/mol. The van der Waals surface area contributed by atoms with Crippen LogP contribution in [-0.4, -0.2) is 65.6 Å². The second kappa shape index (κ2) is 10.1. The molecule has 0 unspecified atom stereocenters. The lowest BCUT2D eigenvalue weighted by Gasteiger charge is -2.29. The molecule has 6 nitrogen and oxygen atoms in total. The molecule has 1 atom stereocenters. The van der Waals surface area contributed by atoms with Crippen molar-refractivity contribution in [2.24, 2.45) is 0 Å². The summed E-state index contributed by atoms with van der Waals surface area (Å²) >= 11 is 0. The first-order valence-corrected chi connectivity index (χ1v) is 9.05. The molecule has 1 fully saturated rings. The Morgan fingerprint density at radius 1 is 1.27 bits per heavy atom. The van der Waals surface area contributed by atoms with Gasteiger partial charge in [-0.3, -0.25) is 9.59 Å². The Balaban J connectivity index is 1.73. The first-order valence-electron chi connectivity index (χ1n) is 9.05. The number of nitrogens with zero attached hydrogens (tertiary/aromatic N) is 2. The highest BCUT2D eigenvalue weighted by Crippen LogP contribution is 2.18. The van der Waals surface area contributed by atoms with Crippen molar-refractivity contribution in [3.05, 3.63) is 30.1 Å². The maximum absolute atomic E-state index is 12.8. The zero-order valence-corrected chi connectivity index (χ0v) is 15.2. The molecule has 1 amide bonds. The maximum atomic E-state index is 12.8. The fraction of sp³-hybridized carbons (Fsp3) is 0.579. The number of likely N-dealkylation sites (tertiary alicyclic amines) is 1. The number of hydrogen-bond donors (Lipinski definition) is 1. The lowest BCUT2D eigenvalue weighted by atomic mass is 10.1. The third kappa shape index (κ3) is 6.63. The van der Waals surface area contributed by atoms with E-state index < -0.39 is 5.97 Å². The van der Waals surface area contributed by atoms with E-state index in [4.69, 9.17) is 9.84 Å². The van der Waals surface area contributed by atoms with Gasteiger partial charge in [0.25, 0.3) is 0 Å². The first-order chi connectivity index (χ1) is 12.5. The van der Waals surface area contributed by atoms with Gasteiger partial charge in [-0.2, -0.15) is 0 Å². The molecule has 0 saturated carbocycles. The molecule has 1 aliphatic heterocycles. The zero-order chi connectivity index (χ0) is 18.9. The number of carboxylic acid groups (broad SMARTS) is 1. The van der Waals surface area contributed by atoms with Gasteiger partial charge in [-0.05, 0) is 56.5 Å². The van der Waals surface area contributed by atoms with Crippen molar-refractivity contribution in [2.45, 2.75) is 38.6 Å². The number of halogens is 1. The maximum Gasteiger partial charge on any atom is 0.323 e. The van der Waals surface area contributed by atoms with Crippen LogP contribution in [0.25, 0.3) is 0 Å². The number of hydrogen-bond acceptors (Lipinski definition) is 4. The molecule has 144 valence electrons. The number of carboxylic acids is 1. The van der Waals surface area contributed by atoms with Crippen molar-refractivity contribution in [2.75, 3.05) is 32.8 Å². The molecular formula is C19H27FN2O4. The largest absolute Gasteiger partial charge is 0.494 e. The lowest BCUT2D eigenvalue weighted by molar-refractivity contribution is -0.145. The number of aliphatic carboxylic acids is 1. The molecule has 1 aliphatic rings. The molecule has 0 radical (unpaired) electrons. The standard InChI is InChI=1S/C19H27FN2O4/c1-15(23)22(14-19(24)25)17-4-2-10-21(12-9-17)11-3-13-26-18-7-5-16(20)6-8-18/h5-8,17H,2-4,9-14H2,1H3,(H,24,25)/t17-/m1/s1. The van der Waals surface area contributed by atoms with E-state index >= 15 is 0 Å². The molecule has 0 bridgehead atoms. The number of ether oxygens (including phenoxy) is 1. The third-order valence-corrected chi connectivity index (χ3v) is 4.64. The summed E-state index contributed by atoms with van der Waals surface area (Å²) in [7, 11) is 0. The minimum Gasteiger partial charge on any atom is -0.494 e. The van der Waals surface area contributed by atoms with Crippen LogP contribution in [0.1, 0.15) is 32.6 Å². The summed E-state index contributed by atoms with van der Waals surface area (Å²) in [5.74, 6) is -0.773. The average Bonchev–Trinajstić information content (AvgIpc) is 2.83. The molecule has 1 heterocycles. The molecule has 7 heteroatoms. The quantitative estimate of drug-likeness (QED) is 0.716. The Morgan fingerprint density at radius 3 is 2.65 bits per heavy atom. The van der Waals surface area contributed by atoms with Crippen molar-refractivity contribution < 1.29 is 23.8 Å². The predicted octanol–water partition coefficient (Wildman–Crippen LogP) is 2.38. The van der Waals surface area contributed by atoms with Crippen molar-refractivity contribution in [1.29, 1.82) is 0 Å². The molecule has 1 aromatic rings. The van der Waals surface area contributed by atoms with E-state index in [2.05, 4.69) is 4.90 Å². The Hall–Kier alpha value is -2.15. The van der Waals surface area contributed by atoms with Gasteiger partial charge in [0, 0.05) is 26.1 Å². The predicted molar refractivity (Wildman–Crippen MR) is 95.6 cm³/mol. The van der Waals surface area contributed by atoms with Gasteiger partial charge >= 0.3 is 5.97 Å². The summed E-state index contributed by atoms with van der Waals surface area (Å²) in [5.41, 5.74) is 0. The van der Waals surface area contributed by atoms with Gasteiger partial charge in [0.05, 0.1) is 6.61 Å². The van der Waals surface area contributed by atoms with E-state index in [0.717, 1.165) is 45.3 Å². The van der Waals surface area contributed by atoms with Gasteiger partial charge in [0.1, 0.15) is 18.1 Å². The van der Waals surface area contributed by atoms with Crippen LogP contribution in [0, 0.1) is 5.82 Å². The van der Waals surface area contributed by atoms with Crippen LogP contribution in [0.2, 0.25) is 0 Å². The van der Waals surface area contributed by atoms with E-state index in [9.17, 15) is 14.0 Å². The topological polar surface area (TPSA) is 70.1 Å². The van der Waals surface area contributed by atoms with E-state index in [1.807, 2.05) is 0 Å². The summed E-state index contributed by atoms with van der Waals surface area (Å²) in [5, 5.41) is 9.00. The molecule has 0 spiro atoms. The second-order valence-corrected chi connectivity index (χ2v) is 6.62. The highest BCUT2D eigenvalue weighted by Gasteiger charge is 2.25. The summed E-state index contributed by atoms with van der Waals surface area (Å²) in [4.78, 5) is 26.5. The van der Waals surface area contributed by atoms with Crippen molar-refractivity contribution in [1.82, 2.24) is 9.80 Å². The Morgan fingerprint density at radius 2 is 2.00 bits per heavy atom. The van der Waals surface area contributed by atoms with Crippen LogP contribution in [-0.2, 0) is 9.59 Å². The fourth-order valence-electron chi connectivity index (χ4n) is 3.33. The molecule has 0 aliphatic carbocycles. The van der Waals surface area contributed by atoms with E-state index in [-0.39, 0.29) is 24.3 Å². The van der Waals surface area contributed by atoms with Gasteiger partial charge in [-0.15, -0.1) is 0 Å². The molecular weight excluding hydrogens is 339 g/mol. The van der Waals surface area contributed by atoms with Crippen LogP contribution in [0.3, 0.4) is 0 Å². The van der Waals surface area contributed by atoms with Crippen molar-refractivity contribution in [3.63, 3.8) is 0 Å². The number of carbonyl (C=O) groups excluding carboxylic acids is 1. The van der Waals surface area contributed by atoms with E-state index in [1.54, 1.807) is 12.1 Å². The minimum atomic E-state index is -0.973. The van der Waals surface area contributed by atoms with Gasteiger partial charge in [-0.25, -0.2) is 4.39 Å². The summed E-state index contributed by atoms with van der Waals surface area (Å²) in [6, 6.07) is 5.98. The first kappa shape index (κ1) is 20.2. The zero-order valence-electron chi connectivity index (χ0n) is 15.2. The third-order valence-electron chi connectivity index (χ3n) is 4.64. The minimum absolute atomic E-state index is 0.0101. The summed E-state index contributed by atoms with van der Waals surface area (Å²) < 4.78 is 18.5. The van der Waals surface area contributed by atoms with Crippen LogP contribution in [0.5, 0.6) is 5.75 Å². The van der Waals surface area contributed by atoms with Gasteiger partial charge in [0.15, 0.2) is 0 Å². The average molecular weight is 366 g/mol. The Kier molecular flexibility index (Phi) is 7.84. The fourth-order valence-corrected chi connectivity index (χ4v) is 3.33. The smallest absolute Gasteiger partial charge is 0.323 e. The number of amides is 1. The molecule has 1 N–H and O–H groups in total. The van der Waals surface area contributed by atoms with Crippen LogP contribution in [0.4, 0.5) is 4.39 Å². The highest BCUT2D eigenvalue weighted by molar-refractivity contribution is 5.79. The molecule has 1 saturated heterocycles. The summed E-state index contributed by atoms with van der Waals surface area (Å²) in [6.07, 6.45) is 3.40. The van der Waals surface area contributed by atoms with Crippen LogP contribution in [0.15, 0.2) is 24.3 Å². The highest BCUT2D eigenvalue weighted by atomic mass is 19.1. The van der Waals surface area contributed by atoms with E-state index in [0.29, 0.717) is 12.4 Å². The van der Waals surface area contributed by atoms with Gasteiger partial charge in [-0.1, -0.05) is 0 Å². The molecule has 1 aromatic carbocycles. The normalized spacial score (nSPS) is 18.2. The molecule has 26 heavy (non-hydrogen) atoms. The molecule has 0 aromatic heterocycles. The van der Waals surface area contributed by atoms with Gasteiger partial charge in [0.2, 0.25) is 5.91 Å². The Bertz CT molecular complexity index is 594. The van der Waals surface area contributed by atoms with Crippen molar-refractivity contribution >= 4 is 11.9 Å². The van der Waals surface area contributed by atoms with E-state index in [1.165, 1.54) is 24.0 Å². The number of benzene rings is 1. The van der Waals surface area contributed by atoms with Gasteiger partial charge < -0.3 is 19.6 Å². The second-order valence-electron chi connectivity index (χ2n) is 6.62. The lowest BCUT2D eigenvalue weighted by Crippen LogP contribution is -2.42. The molecule has 2 rings (SSSR count).